The second kappa shape index (κ2) is 4.87. The Hall–Kier alpha value is -1.51. The predicted octanol–water partition coefficient (Wildman–Crippen LogP) is 2.64. The van der Waals surface area contributed by atoms with Gasteiger partial charge in [-0.25, -0.2) is 0 Å². The van der Waals surface area contributed by atoms with E-state index >= 15 is 0 Å². The first-order valence-corrected chi connectivity index (χ1v) is 7.19. The minimum Gasteiger partial charge on any atom is -0.492 e. The molecule has 0 saturated heterocycles. The maximum absolute atomic E-state index is 12.7. The van der Waals surface area contributed by atoms with Crippen LogP contribution in [0.15, 0.2) is 24.3 Å². The molecule has 1 saturated carbocycles. The number of carbonyl (C=O) groups is 1. The fourth-order valence-corrected chi connectivity index (χ4v) is 2.91. The third kappa shape index (κ3) is 2.46. The van der Waals surface area contributed by atoms with E-state index < -0.39 is 0 Å². The van der Waals surface area contributed by atoms with Crippen LogP contribution in [-0.4, -0.2) is 29.5 Å². The van der Waals surface area contributed by atoms with Crippen molar-refractivity contribution in [1.29, 1.82) is 0 Å². The zero-order valence-electron chi connectivity index (χ0n) is 11.6. The van der Waals surface area contributed by atoms with Crippen molar-refractivity contribution >= 4 is 5.91 Å². The maximum atomic E-state index is 12.7. The van der Waals surface area contributed by atoms with Gasteiger partial charge in [-0.1, -0.05) is 18.2 Å². The minimum absolute atomic E-state index is 0.0158. The smallest absolute Gasteiger partial charge is 0.229 e. The number of amides is 1. The van der Waals surface area contributed by atoms with Gasteiger partial charge < -0.3 is 9.64 Å². The first kappa shape index (κ1) is 12.5. The van der Waals surface area contributed by atoms with E-state index in [1.807, 2.05) is 18.2 Å². The summed E-state index contributed by atoms with van der Waals surface area (Å²) in [5, 5.41) is 0. The summed E-state index contributed by atoms with van der Waals surface area (Å²) >= 11 is 0. The molecule has 1 aliphatic heterocycles. The summed E-state index contributed by atoms with van der Waals surface area (Å²) in [4.78, 5) is 14.7. The van der Waals surface area contributed by atoms with Crippen molar-refractivity contribution in [3.05, 3.63) is 29.8 Å². The number of benzene rings is 1. The molecule has 102 valence electrons. The lowest BCUT2D eigenvalue weighted by molar-refractivity contribution is -0.139. The van der Waals surface area contributed by atoms with Crippen LogP contribution in [-0.2, 0) is 11.2 Å². The second-order valence-corrected chi connectivity index (χ2v) is 5.89. The van der Waals surface area contributed by atoms with Crippen LogP contribution in [0.3, 0.4) is 0 Å². The monoisotopic (exact) mass is 259 g/mol. The Kier molecular flexibility index (Phi) is 3.21. The van der Waals surface area contributed by atoms with E-state index in [-0.39, 0.29) is 17.9 Å². The van der Waals surface area contributed by atoms with E-state index in [0.29, 0.717) is 12.6 Å². The highest BCUT2D eigenvalue weighted by Gasteiger charge is 2.38. The van der Waals surface area contributed by atoms with Gasteiger partial charge in [-0.05, 0) is 44.7 Å². The summed E-state index contributed by atoms with van der Waals surface area (Å²) < 4.78 is 5.74. The van der Waals surface area contributed by atoms with Gasteiger partial charge in [0.15, 0.2) is 0 Å². The molecule has 1 aromatic rings. The van der Waals surface area contributed by atoms with E-state index in [2.05, 4.69) is 24.8 Å². The zero-order chi connectivity index (χ0) is 13.4. The van der Waals surface area contributed by atoms with E-state index in [0.717, 1.165) is 30.6 Å². The first-order valence-electron chi connectivity index (χ1n) is 7.19. The molecule has 3 heteroatoms. The molecule has 1 fully saturated rings. The molecular weight excluding hydrogens is 238 g/mol. The first-order chi connectivity index (χ1) is 9.16. The van der Waals surface area contributed by atoms with Crippen LogP contribution in [0, 0.1) is 5.92 Å². The van der Waals surface area contributed by atoms with Crippen molar-refractivity contribution < 1.29 is 9.53 Å². The summed E-state index contributed by atoms with van der Waals surface area (Å²) in [5.41, 5.74) is 1.16. The van der Waals surface area contributed by atoms with Crippen molar-refractivity contribution in [1.82, 2.24) is 4.90 Å². The summed E-state index contributed by atoms with van der Waals surface area (Å²) in [7, 11) is 0. The molecular formula is C16H21NO2. The maximum Gasteiger partial charge on any atom is 0.229 e. The molecule has 0 N–H and O–H groups in total. The molecule has 1 heterocycles. The van der Waals surface area contributed by atoms with Gasteiger partial charge in [-0.2, -0.15) is 0 Å². The molecule has 2 aliphatic rings. The molecule has 3 nitrogen and oxygen atoms in total. The number of rotatable bonds is 3. The second-order valence-electron chi connectivity index (χ2n) is 5.89. The van der Waals surface area contributed by atoms with Crippen LogP contribution in [0.1, 0.15) is 32.3 Å². The molecule has 1 amide bonds. The van der Waals surface area contributed by atoms with Crippen molar-refractivity contribution in [2.24, 2.45) is 5.92 Å². The molecule has 1 aliphatic carbocycles. The van der Waals surface area contributed by atoms with Gasteiger partial charge in [0, 0.05) is 12.1 Å². The topological polar surface area (TPSA) is 29.5 Å². The number of nitrogens with zero attached hydrogens (tertiary/aromatic N) is 1. The van der Waals surface area contributed by atoms with Crippen molar-refractivity contribution in [3.8, 4) is 5.75 Å². The molecule has 0 radical (unpaired) electrons. The van der Waals surface area contributed by atoms with Crippen LogP contribution in [0.25, 0.3) is 0 Å². The molecule has 1 aromatic carbocycles. The lowest BCUT2D eigenvalue weighted by Crippen LogP contribution is -2.45. The predicted molar refractivity (Wildman–Crippen MR) is 74.1 cm³/mol. The van der Waals surface area contributed by atoms with Gasteiger partial charge in [-0.3, -0.25) is 4.79 Å². The van der Waals surface area contributed by atoms with Crippen LogP contribution in [0.5, 0.6) is 5.75 Å². The van der Waals surface area contributed by atoms with Gasteiger partial charge >= 0.3 is 0 Å². The van der Waals surface area contributed by atoms with Crippen molar-refractivity contribution in [2.75, 3.05) is 6.61 Å². The zero-order valence-corrected chi connectivity index (χ0v) is 11.6. The number of hydrogen-bond donors (Lipinski definition) is 0. The lowest BCUT2D eigenvalue weighted by Gasteiger charge is -2.33. The Morgan fingerprint density at radius 1 is 1.32 bits per heavy atom. The van der Waals surface area contributed by atoms with Crippen LogP contribution in [0.4, 0.5) is 0 Å². The fourth-order valence-electron chi connectivity index (χ4n) is 2.91. The highest BCUT2D eigenvalue weighted by molar-refractivity contribution is 5.80. The summed E-state index contributed by atoms with van der Waals surface area (Å²) in [6.07, 6.45) is 3.13. The minimum atomic E-state index is -0.0158. The summed E-state index contributed by atoms with van der Waals surface area (Å²) in [5.74, 6) is 1.19. The molecule has 19 heavy (non-hydrogen) atoms. The highest BCUT2D eigenvalue weighted by Crippen LogP contribution is 2.33. The standard InChI is InChI=1S/C16H21NO2/c1-11(2)17(14-7-8-14)16(18)13-9-12-5-3-4-6-15(12)19-10-13/h3-6,11,13-14H,7-10H2,1-2H3. The summed E-state index contributed by atoms with van der Waals surface area (Å²) in [6, 6.07) is 8.80. The number of hydrogen-bond acceptors (Lipinski definition) is 2. The average molecular weight is 259 g/mol. The Morgan fingerprint density at radius 3 is 2.74 bits per heavy atom. The van der Waals surface area contributed by atoms with Crippen LogP contribution >= 0.6 is 0 Å². The van der Waals surface area contributed by atoms with Gasteiger partial charge in [0.25, 0.3) is 0 Å². The van der Waals surface area contributed by atoms with Gasteiger partial charge in [0.1, 0.15) is 12.4 Å². The third-order valence-corrected chi connectivity index (χ3v) is 3.98. The van der Waals surface area contributed by atoms with E-state index in [4.69, 9.17) is 4.74 Å². The SMILES string of the molecule is CC(C)N(C(=O)C1COc2ccccc2C1)C1CC1. The van der Waals surface area contributed by atoms with E-state index in [9.17, 15) is 4.79 Å². The Morgan fingerprint density at radius 2 is 2.05 bits per heavy atom. The molecule has 0 spiro atoms. The fraction of sp³-hybridized carbons (Fsp3) is 0.562. The van der Waals surface area contributed by atoms with Crippen LogP contribution < -0.4 is 4.74 Å². The Balaban J connectivity index is 1.75. The lowest BCUT2D eigenvalue weighted by atomic mass is 9.95. The third-order valence-electron chi connectivity index (χ3n) is 3.98. The number of fused-ring (bicyclic) bond motifs is 1. The molecule has 3 rings (SSSR count). The number of ether oxygens (including phenoxy) is 1. The van der Waals surface area contributed by atoms with E-state index in [1.54, 1.807) is 0 Å². The number of para-hydroxylation sites is 1. The molecule has 1 unspecified atom stereocenters. The largest absolute Gasteiger partial charge is 0.492 e. The molecule has 0 bridgehead atoms. The average Bonchev–Trinajstić information content (AvgIpc) is 3.22. The van der Waals surface area contributed by atoms with Crippen molar-refractivity contribution in [3.63, 3.8) is 0 Å². The molecule has 1 atom stereocenters. The molecule has 0 aromatic heterocycles. The van der Waals surface area contributed by atoms with Crippen molar-refractivity contribution in [2.45, 2.75) is 45.2 Å². The Bertz CT molecular complexity index is 477. The summed E-state index contributed by atoms with van der Waals surface area (Å²) in [6.45, 7) is 4.73. The van der Waals surface area contributed by atoms with Crippen LogP contribution in [0.2, 0.25) is 0 Å². The van der Waals surface area contributed by atoms with Gasteiger partial charge in [-0.15, -0.1) is 0 Å². The Labute approximate surface area is 114 Å². The van der Waals surface area contributed by atoms with Gasteiger partial charge in [0.05, 0.1) is 5.92 Å². The quantitative estimate of drug-likeness (QED) is 0.835. The van der Waals surface area contributed by atoms with E-state index in [1.165, 1.54) is 0 Å². The normalized spacial score (nSPS) is 21.7. The number of carbonyl (C=O) groups excluding carboxylic acids is 1. The van der Waals surface area contributed by atoms with Gasteiger partial charge in [0.2, 0.25) is 5.91 Å². The highest BCUT2D eigenvalue weighted by atomic mass is 16.5.